The molecule has 114 valence electrons. The molecular formula is C15H20F4O. The quantitative estimate of drug-likeness (QED) is 0.647. The lowest BCUT2D eigenvalue weighted by atomic mass is 10.0. The first-order valence-corrected chi connectivity index (χ1v) is 6.76. The average Bonchev–Trinajstić information content (AvgIpc) is 2.34. The minimum Gasteiger partial charge on any atom is -0.484 e. The maximum absolute atomic E-state index is 13.8. The van der Waals surface area contributed by atoms with Gasteiger partial charge in [-0.2, -0.15) is 0 Å². The number of halogens is 4. The Labute approximate surface area is 116 Å². The molecule has 0 amide bonds. The lowest BCUT2D eigenvalue weighted by molar-refractivity contribution is -0.0989. The van der Waals surface area contributed by atoms with Crippen molar-refractivity contribution in [2.75, 3.05) is 0 Å². The van der Waals surface area contributed by atoms with Crippen molar-refractivity contribution in [1.29, 1.82) is 0 Å². The van der Waals surface area contributed by atoms with E-state index in [1.54, 1.807) is 20.8 Å². The number of hydrogen-bond acceptors (Lipinski definition) is 1. The summed E-state index contributed by atoms with van der Waals surface area (Å²) < 4.78 is 59.9. The Morgan fingerprint density at radius 1 is 1.10 bits per heavy atom. The minimum absolute atomic E-state index is 0.0516. The van der Waals surface area contributed by atoms with Crippen LogP contribution in [-0.4, -0.2) is 12.0 Å². The number of rotatable bonds is 6. The van der Waals surface area contributed by atoms with Gasteiger partial charge in [0.1, 0.15) is 17.4 Å². The largest absolute Gasteiger partial charge is 0.484 e. The summed E-state index contributed by atoms with van der Waals surface area (Å²) in [4.78, 5) is 0. The number of ether oxygens (including phenoxy) is 1. The third-order valence-electron chi connectivity index (χ3n) is 3.22. The molecule has 1 aromatic rings. The van der Waals surface area contributed by atoms with Gasteiger partial charge in [0.25, 0.3) is 5.92 Å². The molecule has 1 rings (SSSR count). The molecule has 1 aromatic carbocycles. The van der Waals surface area contributed by atoms with E-state index in [4.69, 9.17) is 4.74 Å². The summed E-state index contributed by atoms with van der Waals surface area (Å²) in [5, 5.41) is 0. The average molecular weight is 292 g/mol. The smallest absolute Gasteiger partial charge is 0.283 e. The van der Waals surface area contributed by atoms with Crippen molar-refractivity contribution >= 4 is 0 Å². The molecule has 0 heterocycles. The van der Waals surface area contributed by atoms with Crippen LogP contribution >= 0.6 is 0 Å². The van der Waals surface area contributed by atoms with Gasteiger partial charge in [-0.15, -0.1) is 0 Å². The number of benzene rings is 1. The maximum atomic E-state index is 13.8. The van der Waals surface area contributed by atoms with Crippen LogP contribution in [0, 0.1) is 11.6 Å². The van der Waals surface area contributed by atoms with E-state index in [-0.39, 0.29) is 30.1 Å². The Hall–Kier alpha value is -1.26. The van der Waals surface area contributed by atoms with Crippen LogP contribution < -0.4 is 4.74 Å². The van der Waals surface area contributed by atoms with E-state index >= 15 is 0 Å². The molecule has 0 saturated heterocycles. The van der Waals surface area contributed by atoms with Crippen LogP contribution in [0.3, 0.4) is 0 Å². The Bertz CT molecular complexity index is 434. The van der Waals surface area contributed by atoms with Crippen molar-refractivity contribution in [1.82, 2.24) is 0 Å². The lowest BCUT2D eigenvalue weighted by Crippen LogP contribution is -2.37. The van der Waals surface area contributed by atoms with Crippen LogP contribution in [0.1, 0.15) is 52.0 Å². The Kier molecular flexibility index (Phi) is 5.42. The second-order valence-corrected chi connectivity index (χ2v) is 5.08. The van der Waals surface area contributed by atoms with Gasteiger partial charge in [0.15, 0.2) is 6.10 Å². The molecule has 1 nitrogen and oxygen atoms in total. The zero-order valence-electron chi connectivity index (χ0n) is 12.1. The second-order valence-electron chi connectivity index (χ2n) is 5.08. The van der Waals surface area contributed by atoms with E-state index in [9.17, 15) is 17.6 Å². The summed E-state index contributed by atoms with van der Waals surface area (Å²) in [6, 6.07) is 1.93. The summed E-state index contributed by atoms with van der Waals surface area (Å²) in [6.07, 6.45) is -1.73. The molecule has 0 aliphatic rings. The van der Waals surface area contributed by atoms with E-state index in [2.05, 4.69) is 0 Å². The molecule has 0 aromatic heterocycles. The first-order valence-electron chi connectivity index (χ1n) is 6.76. The molecule has 5 heteroatoms. The molecule has 0 N–H and O–H groups in total. The van der Waals surface area contributed by atoms with Gasteiger partial charge in [-0.05, 0) is 12.3 Å². The van der Waals surface area contributed by atoms with E-state index in [1.807, 2.05) is 0 Å². The first-order chi connectivity index (χ1) is 9.22. The monoisotopic (exact) mass is 292 g/mol. The predicted octanol–water partition coefficient (Wildman–Crippen LogP) is 5.29. The summed E-state index contributed by atoms with van der Waals surface area (Å²) in [5.74, 6) is -5.11. The summed E-state index contributed by atoms with van der Waals surface area (Å²) in [5.41, 5.74) is -0.0624. The zero-order chi connectivity index (χ0) is 15.5. The third-order valence-corrected chi connectivity index (χ3v) is 3.22. The van der Waals surface area contributed by atoms with Gasteiger partial charge in [0.05, 0.1) is 0 Å². The van der Waals surface area contributed by atoms with Crippen molar-refractivity contribution in [2.45, 2.75) is 58.5 Å². The molecule has 1 unspecified atom stereocenters. The van der Waals surface area contributed by atoms with E-state index < -0.39 is 23.7 Å². The highest BCUT2D eigenvalue weighted by molar-refractivity contribution is 5.32. The normalized spacial score (nSPS) is 13.7. The van der Waals surface area contributed by atoms with Crippen molar-refractivity contribution < 1.29 is 22.3 Å². The standard InChI is InChI=1S/C15H20F4O/c1-5-13(15(18,19)6-2)20-10-7-11(16)14(9(3)4)12(17)8-10/h7-9,13H,5-6H2,1-4H3. The molecule has 0 saturated carbocycles. The molecule has 0 aliphatic heterocycles. The predicted molar refractivity (Wildman–Crippen MR) is 70.4 cm³/mol. The molecule has 0 fully saturated rings. The summed E-state index contributed by atoms with van der Waals surface area (Å²) in [7, 11) is 0. The topological polar surface area (TPSA) is 9.23 Å². The van der Waals surface area contributed by atoms with Gasteiger partial charge in [0, 0.05) is 24.1 Å². The fraction of sp³-hybridized carbons (Fsp3) is 0.600. The van der Waals surface area contributed by atoms with Gasteiger partial charge in [-0.1, -0.05) is 27.7 Å². The highest BCUT2D eigenvalue weighted by atomic mass is 19.3. The third kappa shape index (κ3) is 3.64. The molecular weight excluding hydrogens is 272 g/mol. The molecule has 1 atom stereocenters. The SMILES string of the molecule is CCC(Oc1cc(F)c(C(C)C)c(F)c1)C(F)(F)CC. The Balaban J connectivity index is 3.04. The van der Waals surface area contributed by atoms with Crippen LogP contribution in [0.2, 0.25) is 0 Å². The van der Waals surface area contributed by atoms with Crippen LogP contribution in [-0.2, 0) is 0 Å². The van der Waals surface area contributed by atoms with Gasteiger partial charge in [-0.3, -0.25) is 0 Å². The fourth-order valence-electron chi connectivity index (χ4n) is 2.04. The van der Waals surface area contributed by atoms with Gasteiger partial charge >= 0.3 is 0 Å². The second kappa shape index (κ2) is 6.46. The first kappa shape index (κ1) is 16.8. The van der Waals surface area contributed by atoms with E-state index in [0.29, 0.717) is 0 Å². The molecule has 0 bridgehead atoms. The molecule has 20 heavy (non-hydrogen) atoms. The van der Waals surface area contributed by atoms with Crippen molar-refractivity contribution in [3.63, 3.8) is 0 Å². The van der Waals surface area contributed by atoms with E-state index in [0.717, 1.165) is 12.1 Å². The summed E-state index contributed by atoms with van der Waals surface area (Å²) in [6.45, 7) is 6.20. The van der Waals surface area contributed by atoms with Crippen LogP contribution in [0.25, 0.3) is 0 Å². The number of alkyl halides is 2. The van der Waals surface area contributed by atoms with E-state index in [1.165, 1.54) is 6.92 Å². The summed E-state index contributed by atoms with van der Waals surface area (Å²) >= 11 is 0. The maximum Gasteiger partial charge on any atom is 0.283 e. The van der Waals surface area contributed by atoms with Gasteiger partial charge in [-0.25, -0.2) is 17.6 Å². The van der Waals surface area contributed by atoms with Crippen molar-refractivity contribution in [3.8, 4) is 5.75 Å². The highest BCUT2D eigenvalue weighted by Gasteiger charge is 2.38. The van der Waals surface area contributed by atoms with Crippen LogP contribution in [0.5, 0.6) is 5.75 Å². The number of hydrogen-bond donors (Lipinski definition) is 0. The lowest BCUT2D eigenvalue weighted by Gasteiger charge is -2.26. The zero-order valence-corrected chi connectivity index (χ0v) is 12.1. The fourth-order valence-corrected chi connectivity index (χ4v) is 2.04. The van der Waals surface area contributed by atoms with Crippen LogP contribution in [0.4, 0.5) is 17.6 Å². The minimum atomic E-state index is -3.03. The van der Waals surface area contributed by atoms with Crippen molar-refractivity contribution in [3.05, 3.63) is 29.3 Å². The molecule has 0 aliphatic carbocycles. The highest BCUT2D eigenvalue weighted by Crippen LogP contribution is 2.31. The van der Waals surface area contributed by atoms with Gasteiger partial charge < -0.3 is 4.74 Å². The van der Waals surface area contributed by atoms with Crippen LogP contribution in [0.15, 0.2) is 12.1 Å². The Morgan fingerprint density at radius 2 is 1.60 bits per heavy atom. The molecule has 0 radical (unpaired) electrons. The Morgan fingerprint density at radius 3 is 1.95 bits per heavy atom. The van der Waals surface area contributed by atoms with Gasteiger partial charge in [0.2, 0.25) is 0 Å². The van der Waals surface area contributed by atoms with Crippen molar-refractivity contribution in [2.24, 2.45) is 0 Å². The molecule has 0 spiro atoms.